The molecule has 0 saturated carbocycles. The number of hydrogen-bond acceptors (Lipinski definition) is 5. The van der Waals surface area contributed by atoms with Gasteiger partial charge in [0.05, 0.1) is 20.6 Å². The van der Waals surface area contributed by atoms with Crippen LogP contribution in [-0.4, -0.2) is 43.8 Å². The molecule has 22 heavy (non-hydrogen) atoms. The fourth-order valence-corrected chi connectivity index (χ4v) is 3.91. The molecule has 2 rings (SSSR count). The van der Waals surface area contributed by atoms with Crippen LogP contribution in [0.2, 0.25) is 0 Å². The average Bonchev–Trinajstić information content (AvgIpc) is 2.98. The van der Waals surface area contributed by atoms with Crippen molar-refractivity contribution in [3.8, 4) is 0 Å². The number of carbonyl (C=O) groups is 1. The molecule has 6 nitrogen and oxygen atoms in total. The summed E-state index contributed by atoms with van der Waals surface area (Å²) in [7, 11) is -2.01. The topological polar surface area (TPSA) is 79.4 Å². The Hall–Kier alpha value is -1.77. The third kappa shape index (κ3) is 3.70. The normalized spacial score (nSPS) is 11.7. The molecule has 0 radical (unpaired) electrons. The Morgan fingerprint density at radius 2 is 2.27 bits per heavy atom. The highest BCUT2D eigenvalue weighted by Crippen LogP contribution is 2.23. The summed E-state index contributed by atoms with van der Waals surface area (Å²) in [4.78, 5) is 15.4. The van der Waals surface area contributed by atoms with Crippen LogP contribution in [-0.2, 0) is 14.8 Å². The molecule has 0 unspecified atom stereocenters. The average molecular weight is 339 g/mol. The summed E-state index contributed by atoms with van der Waals surface area (Å²) in [5.41, 5.74) is 2.48. The molecule has 0 bridgehead atoms. The lowest BCUT2D eigenvalue weighted by molar-refractivity contribution is -0.116. The van der Waals surface area contributed by atoms with Crippen molar-refractivity contribution in [2.45, 2.75) is 11.3 Å². The molecule has 0 aliphatic carbocycles. The Balaban J connectivity index is 2.02. The van der Waals surface area contributed by atoms with Crippen LogP contribution in [0.3, 0.4) is 0 Å². The zero-order chi connectivity index (χ0) is 16.2. The van der Waals surface area contributed by atoms with Gasteiger partial charge < -0.3 is 5.32 Å². The predicted molar refractivity (Wildman–Crippen MR) is 87.3 cm³/mol. The Labute approximate surface area is 133 Å². The SMILES string of the molecule is C=CC(=O)NCCCN(C)S(=O)(=O)c1ccc2ncsc2c1. The maximum absolute atomic E-state index is 12.5. The highest BCUT2D eigenvalue weighted by Gasteiger charge is 2.20. The lowest BCUT2D eigenvalue weighted by Gasteiger charge is -2.17. The number of carbonyl (C=O) groups excluding carboxylic acids is 1. The van der Waals surface area contributed by atoms with Crippen LogP contribution < -0.4 is 5.32 Å². The van der Waals surface area contributed by atoms with E-state index in [0.29, 0.717) is 19.5 Å². The van der Waals surface area contributed by atoms with Crippen molar-refractivity contribution >= 4 is 37.5 Å². The zero-order valence-electron chi connectivity index (χ0n) is 12.2. The standard InChI is InChI=1S/C14H17N3O3S2/c1-3-14(18)15-7-4-8-17(2)22(19,20)11-5-6-12-13(9-11)21-10-16-12/h3,5-6,9-10H,1,4,7-8H2,2H3,(H,15,18). The molecule has 0 fully saturated rings. The molecule has 0 aliphatic heterocycles. The van der Waals surface area contributed by atoms with Gasteiger partial charge in [0.1, 0.15) is 0 Å². The minimum atomic E-state index is -3.54. The molecule has 0 aliphatic rings. The number of nitrogens with zero attached hydrogens (tertiary/aromatic N) is 2. The molecule has 118 valence electrons. The first-order valence-electron chi connectivity index (χ1n) is 6.65. The fourth-order valence-electron chi connectivity index (χ4n) is 1.88. The molecule has 8 heteroatoms. The van der Waals surface area contributed by atoms with E-state index in [9.17, 15) is 13.2 Å². The van der Waals surface area contributed by atoms with Crippen LogP contribution in [0.5, 0.6) is 0 Å². The number of hydrogen-bond donors (Lipinski definition) is 1. The van der Waals surface area contributed by atoms with Crippen LogP contribution in [0.1, 0.15) is 6.42 Å². The second kappa shape index (κ2) is 6.99. The first-order chi connectivity index (χ1) is 10.4. The lowest BCUT2D eigenvalue weighted by atomic mass is 10.3. The fraction of sp³-hybridized carbons (Fsp3) is 0.286. The monoisotopic (exact) mass is 339 g/mol. The molecule has 1 N–H and O–H groups in total. The summed E-state index contributed by atoms with van der Waals surface area (Å²) in [6.45, 7) is 4.07. The van der Waals surface area contributed by atoms with Crippen molar-refractivity contribution in [3.63, 3.8) is 0 Å². The summed E-state index contributed by atoms with van der Waals surface area (Å²) in [6.07, 6.45) is 1.71. The largest absolute Gasteiger partial charge is 0.353 e. The minimum Gasteiger partial charge on any atom is -0.353 e. The molecule has 1 heterocycles. The Morgan fingerprint density at radius 3 is 3.00 bits per heavy atom. The summed E-state index contributed by atoms with van der Waals surface area (Å²) in [5.74, 6) is -0.263. The second-order valence-corrected chi connectivity index (χ2v) is 7.59. The second-order valence-electron chi connectivity index (χ2n) is 4.66. The molecule has 0 saturated heterocycles. The van der Waals surface area contributed by atoms with Gasteiger partial charge in [0.2, 0.25) is 15.9 Å². The van der Waals surface area contributed by atoms with Gasteiger partial charge >= 0.3 is 0 Å². The third-order valence-electron chi connectivity index (χ3n) is 3.15. The van der Waals surface area contributed by atoms with E-state index in [4.69, 9.17) is 0 Å². The van der Waals surface area contributed by atoms with Gasteiger partial charge in [-0.05, 0) is 30.7 Å². The van der Waals surface area contributed by atoms with Crippen molar-refractivity contribution in [1.82, 2.24) is 14.6 Å². The third-order valence-corrected chi connectivity index (χ3v) is 5.79. The number of amides is 1. The lowest BCUT2D eigenvalue weighted by Crippen LogP contribution is -2.31. The highest BCUT2D eigenvalue weighted by atomic mass is 32.2. The molecule has 1 aromatic carbocycles. The smallest absolute Gasteiger partial charge is 0.243 e. The number of rotatable bonds is 7. The van der Waals surface area contributed by atoms with Gasteiger partial charge in [-0.25, -0.2) is 17.7 Å². The first kappa shape index (κ1) is 16.6. The Kier molecular flexibility index (Phi) is 5.28. The van der Waals surface area contributed by atoms with Gasteiger partial charge in [0.15, 0.2) is 0 Å². The first-order valence-corrected chi connectivity index (χ1v) is 8.97. The van der Waals surface area contributed by atoms with E-state index in [0.717, 1.165) is 10.2 Å². The molecule has 1 amide bonds. The van der Waals surface area contributed by atoms with E-state index >= 15 is 0 Å². The van der Waals surface area contributed by atoms with E-state index in [2.05, 4.69) is 16.9 Å². The van der Waals surface area contributed by atoms with Gasteiger partial charge in [-0.3, -0.25) is 4.79 Å². The van der Waals surface area contributed by atoms with Gasteiger partial charge in [-0.15, -0.1) is 11.3 Å². The maximum Gasteiger partial charge on any atom is 0.243 e. The van der Waals surface area contributed by atoms with Crippen LogP contribution >= 0.6 is 11.3 Å². The number of fused-ring (bicyclic) bond motifs is 1. The number of sulfonamides is 1. The number of thiazole rings is 1. The van der Waals surface area contributed by atoms with Gasteiger partial charge in [0.25, 0.3) is 0 Å². The molecular formula is C14H17N3O3S2. The number of aromatic nitrogens is 1. The summed E-state index contributed by atoms with van der Waals surface area (Å²) in [5, 5.41) is 2.61. The minimum absolute atomic E-state index is 0.252. The van der Waals surface area contributed by atoms with Crippen LogP contribution in [0.25, 0.3) is 10.2 Å². The zero-order valence-corrected chi connectivity index (χ0v) is 13.8. The van der Waals surface area contributed by atoms with Gasteiger partial charge in [-0.2, -0.15) is 0 Å². The Bertz CT molecular complexity index is 783. The van der Waals surface area contributed by atoms with Gasteiger partial charge in [0, 0.05) is 20.1 Å². The van der Waals surface area contributed by atoms with Crippen molar-refractivity contribution < 1.29 is 13.2 Å². The predicted octanol–water partition coefficient (Wildman–Crippen LogP) is 1.61. The van der Waals surface area contributed by atoms with Crippen LogP contribution in [0.4, 0.5) is 0 Å². The van der Waals surface area contributed by atoms with E-state index < -0.39 is 10.0 Å². The molecule has 2 aromatic rings. The number of benzene rings is 1. The van der Waals surface area contributed by atoms with E-state index in [1.54, 1.807) is 23.7 Å². The van der Waals surface area contributed by atoms with Crippen LogP contribution in [0.15, 0.2) is 41.3 Å². The molecule has 0 atom stereocenters. The van der Waals surface area contributed by atoms with Crippen molar-refractivity contribution in [2.24, 2.45) is 0 Å². The van der Waals surface area contributed by atoms with E-state index in [-0.39, 0.29) is 10.8 Å². The van der Waals surface area contributed by atoms with E-state index in [1.807, 2.05) is 0 Å². The van der Waals surface area contributed by atoms with Crippen molar-refractivity contribution in [1.29, 1.82) is 0 Å². The molecule has 1 aromatic heterocycles. The molecular weight excluding hydrogens is 322 g/mol. The Morgan fingerprint density at radius 1 is 1.50 bits per heavy atom. The van der Waals surface area contributed by atoms with E-state index in [1.165, 1.54) is 28.8 Å². The van der Waals surface area contributed by atoms with Crippen molar-refractivity contribution in [2.75, 3.05) is 20.1 Å². The van der Waals surface area contributed by atoms with Crippen LogP contribution in [0, 0.1) is 0 Å². The summed E-state index contributed by atoms with van der Waals surface area (Å²) in [6, 6.07) is 4.91. The highest BCUT2D eigenvalue weighted by molar-refractivity contribution is 7.89. The number of nitrogens with one attached hydrogen (secondary N) is 1. The summed E-state index contributed by atoms with van der Waals surface area (Å²) >= 11 is 1.41. The van der Waals surface area contributed by atoms with Gasteiger partial charge in [-0.1, -0.05) is 6.58 Å². The quantitative estimate of drug-likeness (QED) is 0.614. The summed E-state index contributed by atoms with van der Waals surface area (Å²) < 4.78 is 27.1. The molecule has 0 spiro atoms. The maximum atomic E-state index is 12.5. The van der Waals surface area contributed by atoms with Crippen molar-refractivity contribution in [3.05, 3.63) is 36.4 Å².